The molecule has 1 aliphatic heterocycles. The summed E-state index contributed by atoms with van der Waals surface area (Å²) in [7, 11) is 3.88. The van der Waals surface area contributed by atoms with Gasteiger partial charge in [0.1, 0.15) is 0 Å². The van der Waals surface area contributed by atoms with E-state index < -0.39 is 0 Å². The van der Waals surface area contributed by atoms with E-state index >= 15 is 0 Å². The Hall–Kier alpha value is -1.69. The number of aromatic nitrogens is 2. The van der Waals surface area contributed by atoms with E-state index in [2.05, 4.69) is 14.9 Å². The van der Waals surface area contributed by atoms with Crippen LogP contribution in [0.4, 0.5) is 5.95 Å². The Bertz CT molecular complexity index is 630. The first-order chi connectivity index (χ1) is 11.1. The highest BCUT2D eigenvalue weighted by Gasteiger charge is 2.22. The molecule has 0 aliphatic carbocycles. The first-order valence-corrected chi connectivity index (χ1v) is 8.07. The Morgan fingerprint density at radius 2 is 1.91 bits per heavy atom. The maximum atomic E-state index is 5.95. The lowest BCUT2D eigenvalue weighted by atomic mass is 10.1. The Labute approximate surface area is 141 Å². The molecular weight excluding hydrogens is 312 g/mol. The Morgan fingerprint density at radius 1 is 1.22 bits per heavy atom. The van der Waals surface area contributed by atoms with Crippen LogP contribution in [0, 0.1) is 0 Å². The summed E-state index contributed by atoms with van der Waals surface area (Å²) in [5.41, 5.74) is 2.28. The van der Waals surface area contributed by atoms with Crippen LogP contribution >= 0.6 is 11.6 Å². The second-order valence-electron chi connectivity index (χ2n) is 5.93. The summed E-state index contributed by atoms with van der Waals surface area (Å²) in [5, 5.41) is 0.750. The molecule has 1 aliphatic rings. The average molecular weight is 333 g/mol. The smallest absolute Gasteiger partial charge is 0.224 e. The molecule has 2 heterocycles. The first kappa shape index (κ1) is 16.2. The van der Waals surface area contributed by atoms with Crippen molar-refractivity contribution in [1.29, 1.82) is 0 Å². The second-order valence-corrected chi connectivity index (χ2v) is 6.37. The Kier molecular flexibility index (Phi) is 5.10. The van der Waals surface area contributed by atoms with Crippen LogP contribution in [0.5, 0.6) is 0 Å². The van der Waals surface area contributed by atoms with Crippen LogP contribution in [-0.4, -0.2) is 48.7 Å². The van der Waals surface area contributed by atoms with E-state index in [1.807, 2.05) is 55.7 Å². The van der Waals surface area contributed by atoms with Gasteiger partial charge in [0.15, 0.2) is 0 Å². The molecule has 23 heavy (non-hydrogen) atoms. The molecule has 0 amide bonds. The van der Waals surface area contributed by atoms with Crippen LogP contribution in [-0.2, 0) is 11.3 Å². The van der Waals surface area contributed by atoms with Gasteiger partial charge in [-0.2, -0.15) is 0 Å². The highest BCUT2D eigenvalue weighted by atomic mass is 35.5. The molecule has 1 fully saturated rings. The molecule has 0 bridgehead atoms. The second kappa shape index (κ2) is 7.25. The van der Waals surface area contributed by atoms with Crippen molar-refractivity contribution in [3.05, 3.63) is 52.8 Å². The minimum atomic E-state index is 0.0861. The number of nitrogens with zero attached hydrogens (tertiary/aromatic N) is 4. The third-order valence-corrected chi connectivity index (χ3v) is 4.14. The topological polar surface area (TPSA) is 41.5 Å². The first-order valence-electron chi connectivity index (χ1n) is 7.69. The fourth-order valence-corrected chi connectivity index (χ4v) is 2.77. The third-order valence-electron chi connectivity index (χ3n) is 3.89. The highest BCUT2D eigenvalue weighted by Crippen LogP contribution is 2.24. The number of anilines is 1. The van der Waals surface area contributed by atoms with Gasteiger partial charge in [0.25, 0.3) is 0 Å². The van der Waals surface area contributed by atoms with Gasteiger partial charge in [-0.15, -0.1) is 0 Å². The molecule has 1 atom stereocenters. The minimum absolute atomic E-state index is 0.0861. The van der Waals surface area contributed by atoms with Gasteiger partial charge in [-0.3, -0.25) is 4.90 Å². The van der Waals surface area contributed by atoms with Gasteiger partial charge in [-0.25, -0.2) is 9.97 Å². The van der Waals surface area contributed by atoms with Gasteiger partial charge in [-0.1, -0.05) is 23.7 Å². The molecule has 0 N–H and O–H groups in total. The Morgan fingerprint density at radius 3 is 2.57 bits per heavy atom. The minimum Gasteiger partial charge on any atom is -0.371 e. The van der Waals surface area contributed by atoms with Crippen LogP contribution in [0.2, 0.25) is 5.02 Å². The van der Waals surface area contributed by atoms with Crippen molar-refractivity contribution in [2.75, 3.05) is 38.7 Å². The summed E-state index contributed by atoms with van der Waals surface area (Å²) in [5.74, 6) is 0.731. The maximum absolute atomic E-state index is 5.95. The summed E-state index contributed by atoms with van der Waals surface area (Å²) in [6.07, 6.45) is 3.88. The van der Waals surface area contributed by atoms with Crippen molar-refractivity contribution in [3.8, 4) is 0 Å². The number of hydrogen-bond donors (Lipinski definition) is 0. The molecule has 0 unspecified atom stereocenters. The van der Waals surface area contributed by atoms with E-state index in [9.17, 15) is 0 Å². The van der Waals surface area contributed by atoms with Crippen LogP contribution < -0.4 is 4.90 Å². The summed E-state index contributed by atoms with van der Waals surface area (Å²) < 4.78 is 5.90. The number of hydrogen-bond acceptors (Lipinski definition) is 5. The number of halogens is 1. The molecule has 3 rings (SSSR count). The van der Waals surface area contributed by atoms with Crippen molar-refractivity contribution in [2.24, 2.45) is 0 Å². The number of rotatable bonds is 4. The van der Waals surface area contributed by atoms with E-state index in [0.29, 0.717) is 0 Å². The van der Waals surface area contributed by atoms with Crippen LogP contribution in [0.25, 0.3) is 0 Å². The monoisotopic (exact) mass is 332 g/mol. The van der Waals surface area contributed by atoms with E-state index in [1.54, 1.807) is 0 Å². The molecule has 1 aromatic heterocycles. The molecule has 1 aromatic carbocycles. The predicted octanol–water partition coefficient (Wildman–Crippen LogP) is 2.77. The lowest BCUT2D eigenvalue weighted by Gasteiger charge is -2.33. The molecule has 2 aromatic rings. The number of benzene rings is 1. The average Bonchev–Trinajstić information content (AvgIpc) is 2.56. The summed E-state index contributed by atoms with van der Waals surface area (Å²) in [6.45, 7) is 3.33. The SMILES string of the molecule is CN(C)c1ncc(CN2CCO[C@@H](c3ccc(Cl)cc3)C2)cn1. The van der Waals surface area contributed by atoms with Gasteiger partial charge < -0.3 is 9.64 Å². The molecule has 1 saturated heterocycles. The van der Waals surface area contributed by atoms with Crippen LogP contribution in [0.1, 0.15) is 17.2 Å². The summed E-state index contributed by atoms with van der Waals surface area (Å²) >= 11 is 5.95. The van der Waals surface area contributed by atoms with E-state index in [-0.39, 0.29) is 6.10 Å². The fraction of sp³-hybridized carbons (Fsp3) is 0.412. The van der Waals surface area contributed by atoms with Gasteiger partial charge in [0.2, 0.25) is 5.95 Å². The normalized spacial score (nSPS) is 18.8. The van der Waals surface area contributed by atoms with Crippen molar-refractivity contribution in [2.45, 2.75) is 12.6 Å². The lowest BCUT2D eigenvalue weighted by molar-refractivity contribution is -0.0329. The summed E-state index contributed by atoms with van der Waals surface area (Å²) in [6, 6.07) is 7.89. The van der Waals surface area contributed by atoms with E-state index in [1.165, 1.54) is 5.56 Å². The molecule has 122 valence electrons. The molecular formula is C17H21ClN4O. The largest absolute Gasteiger partial charge is 0.371 e. The maximum Gasteiger partial charge on any atom is 0.224 e. The molecule has 0 spiro atoms. The zero-order valence-corrected chi connectivity index (χ0v) is 14.2. The van der Waals surface area contributed by atoms with Crippen LogP contribution in [0.3, 0.4) is 0 Å². The fourth-order valence-electron chi connectivity index (χ4n) is 2.64. The zero-order chi connectivity index (χ0) is 16.2. The summed E-state index contributed by atoms with van der Waals surface area (Å²) in [4.78, 5) is 13.0. The van der Waals surface area contributed by atoms with Crippen molar-refractivity contribution < 1.29 is 4.74 Å². The van der Waals surface area contributed by atoms with Gasteiger partial charge in [0.05, 0.1) is 12.7 Å². The number of ether oxygens (including phenoxy) is 1. The molecule has 0 saturated carbocycles. The molecule has 5 nitrogen and oxygen atoms in total. The van der Waals surface area contributed by atoms with Gasteiger partial charge in [0, 0.05) is 56.7 Å². The lowest BCUT2D eigenvalue weighted by Crippen LogP contribution is -2.37. The van der Waals surface area contributed by atoms with Crippen molar-refractivity contribution in [3.63, 3.8) is 0 Å². The third kappa shape index (κ3) is 4.19. The van der Waals surface area contributed by atoms with Crippen molar-refractivity contribution >= 4 is 17.5 Å². The van der Waals surface area contributed by atoms with Crippen LogP contribution in [0.15, 0.2) is 36.7 Å². The quantitative estimate of drug-likeness (QED) is 0.861. The van der Waals surface area contributed by atoms with Crippen molar-refractivity contribution in [1.82, 2.24) is 14.9 Å². The zero-order valence-electron chi connectivity index (χ0n) is 13.4. The predicted molar refractivity (Wildman–Crippen MR) is 91.8 cm³/mol. The molecule has 6 heteroatoms. The Balaban J connectivity index is 1.63. The van der Waals surface area contributed by atoms with Gasteiger partial charge >= 0.3 is 0 Å². The number of morpholine rings is 1. The van der Waals surface area contributed by atoms with E-state index in [4.69, 9.17) is 16.3 Å². The van der Waals surface area contributed by atoms with Gasteiger partial charge in [-0.05, 0) is 17.7 Å². The standard InChI is InChI=1S/C17H21ClN4O/c1-21(2)17-19-9-13(10-20-17)11-22-7-8-23-16(12-22)14-3-5-15(18)6-4-14/h3-6,9-10,16H,7-8,11-12H2,1-2H3/t16-/m1/s1. The molecule has 0 radical (unpaired) electrons. The van der Waals surface area contributed by atoms with E-state index in [0.717, 1.165) is 42.8 Å². The highest BCUT2D eigenvalue weighted by molar-refractivity contribution is 6.30.